The average Bonchev–Trinajstić information content (AvgIpc) is 2.70. The summed E-state index contributed by atoms with van der Waals surface area (Å²) >= 11 is 0. The molecule has 1 aromatic carbocycles. The number of para-hydroxylation sites is 1. The largest absolute Gasteiger partial charge is 0.378 e. The summed E-state index contributed by atoms with van der Waals surface area (Å²) in [4.78, 5) is 22.4. The molecule has 28 heavy (non-hydrogen) atoms. The number of hydrogen-bond acceptors (Lipinski definition) is 5. The van der Waals surface area contributed by atoms with E-state index >= 15 is 0 Å². The summed E-state index contributed by atoms with van der Waals surface area (Å²) in [7, 11) is 0. The lowest BCUT2D eigenvalue weighted by Crippen LogP contribution is -2.42. The molecule has 2 heterocycles. The quantitative estimate of drug-likeness (QED) is 0.795. The molecule has 0 saturated carbocycles. The van der Waals surface area contributed by atoms with Crippen LogP contribution in [0.5, 0.6) is 0 Å². The highest BCUT2D eigenvalue weighted by molar-refractivity contribution is 6.07. The molecule has 1 aliphatic heterocycles. The van der Waals surface area contributed by atoms with Crippen molar-refractivity contribution in [3.63, 3.8) is 0 Å². The average molecular weight is 385 g/mol. The maximum absolute atomic E-state index is 13.0. The molecule has 2 aromatic rings. The third kappa shape index (κ3) is 4.80. The Hall–Kier alpha value is -2.18. The second kappa shape index (κ2) is 9.34. The lowest BCUT2D eigenvalue weighted by molar-refractivity contribution is 0.0941. The van der Waals surface area contributed by atoms with Crippen LogP contribution in [0.1, 0.15) is 38.1 Å². The molecule has 1 aromatic heterocycles. The van der Waals surface area contributed by atoms with Crippen molar-refractivity contribution in [1.29, 1.82) is 0 Å². The molecule has 1 saturated heterocycles. The highest BCUT2D eigenvalue weighted by Crippen LogP contribution is 2.23. The van der Waals surface area contributed by atoms with Crippen molar-refractivity contribution in [3.05, 3.63) is 35.9 Å². The van der Waals surface area contributed by atoms with Gasteiger partial charge in [0.1, 0.15) is 5.82 Å². The van der Waals surface area contributed by atoms with E-state index in [1.807, 2.05) is 30.3 Å². The second-order valence-electron chi connectivity index (χ2n) is 7.83. The first-order valence-electron chi connectivity index (χ1n) is 10.2. The van der Waals surface area contributed by atoms with Crippen molar-refractivity contribution in [1.82, 2.24) is 15.2 Å². The van der Waals surface area contributed by atoms with Gasteiger partial charge >= 0.3 is 0 Å². The first-order valence-corrected chi connectivity index (χ1v) is 10.2. The number of rotatable bonds is 7. The summed E-state index contributed by atoms with van der Waals surface area (Å²) in [5.74, 6) is 0.804. The number of carbonyl (C=O) groups is 1. The lowest BCUT2D eigenvalue weighted by Gasteiger charge is -2.30. The van der Waals surface area contributed by atoms with Crippen LogP contribution in [-0.2, 0) is 4.74 Å². The smallest absolute Gasteiger partial charge is 0.252 e. The fourth-order valence-electron chi connectivity index (χ4n) is 3.81. The number of fused-ring (bicyclic) bond motifs is 1. The van der Waals surface area contributed by atoms with Crippen LogP contribution in [0, 0.1) is 0 Å². The molecule has 0 aliphatic carbocycles. The predicted octanol–water partition coefficient (Wildman–Crippen LogP) is 2.92. The van der Waals surface area contributed by atoms with Gasteiger partial charge in [-0.15, -0.1) is 0 Å². The number of aromatic nitrogens is 1. The maximum Gasteiger partial charge on any atom is 0.252 e. The molecule has 152 valence electrons. The van der Waals surface area contributed by atoms with Gasteiger partial charge in [-0.2, -0.15) is 0 Å². The summed E-state index contributed by atoms with van der Waals surface area (Å²) in [6, 6.07) is 10.7. The molecule has 0 unspecified atom stereocenters. The minimum absolute atomic E-state index is 0.0411. The Morgan fingerprint density at radius 1 is 1.18 bits per heavy atom. The molecule has 6 nitrogen and oxygen atoms in total. The highest BCUT2D eigenvalue weighted by atomic mass is 16.5. The molecule has 1 N–H and O–H groups in total. The maximum atomic E-state index is 13.0. The summed E-state index contributed by atoms with van der Waals surface area (Å²) in [5.41, 5.74) is 1.54. The summed E-state index contributed by atoms with van der Waals surface area (Å²) in [6.45, 7) is 13.2. The zero-order valence-electron chi connectivity index (χ0n) is 17.4. The van der Waals surface area contributed by atoms with Crippen molar-refractivity contribution in [2.24, 2.45) is 0 Å². The monoisotopic (exact) mass is 384 g/mol. The number of amides is 1. The Kier molecular flexibility index (Phi) is 6.86. The molecular weight excluding hydrogens is 352 g/mol. The minimum atomic E-state index is -0.0411. The van der Waals surface area contributed by atoms with Gasteiger partial charge in [0, 0.05) is 43.6 Å². The van der Waals surface area contributed by atoms with E-state index in [2.05, 4.69) is 42.8 Å². The predicted molar refractivity (Wildman–Crippen MR) is 114 cm³/mol. The number of pyridine rings is 1. The van der Waals surface area contributed by atoms with Crippen molar-refractivity contribution in [2.45, 2.75) is 39.8 Å². The van der Waals surface area contributed by atoms with E-state index in [4.69, 9.17) is 9.72 Å². The molecule has 1 aliphatic rings. The zero-order chi connectivity index (χ0) is 20.1. The van der Waals surface area contributed by atoms with Crippen LogP contribution in [0.4, 0.5) is 5.82 Å². The van der Waals surface area contributed by atoms with E-state index in [1.165, 1.54) is 0 Å². The molecule has 0 radical (unpaired) electrons. The van der Waals surface area contributed by atoms with Crippen LogP contribution < -0.4 is 10.2 Å². The lowest BCUT2D eigenvalue weighted by atomic mass is 10.1. The molecule has 0 atom stereocenters. The van der Waals surface area contributed by atoms with E-state index in [-0.39, 0.29) is 5.91 Å². The standard InChI is InChI=1S/C22H32N4O2/c1-16(2)26(17(3)4)10-9-23-22(27)19-15-21(25-11-13-28-14-12-25)24-20-8-6-5-7-18(19)20/h5-8,15-17H,9-14H2,1-4H3,(H,23,27). The number of ether oxygens (including phenoxy) is 1. The van der Waals surface area contributed by atoms with Crippen molar-refractivity contribution in [3.8, 4) is 0 Å². The summed E-state index contributed by atoms with van der Waals surface area (Å²) in [5, 5.41) is 4.00. The van der Waals surface area contributed by atoms with Crippen LogP contribution in [-0.4, -0.2) is 67.3 Å². The van der Waals surface area contributed by atoms with E-state index in [9.17, 15) is 4.79 Å². The first-order chi connectivity index (χ1) is 13.5. The number of morpholine rings is 1. The molecule has 0 bridgehead atoms. The summed E-state index contributed by atoms with van der Waals surface area (Å²) < 4.78 is 5.45. The van der Waals surface area contributed by atoms with Gasteiger partial charge in [0.05, 0.1) is 24.3 Å². The molecule has 6 heteroatoms. The third-order valence-electron chi connectivity index (χ3n) is 5.26. The van der Waals surface area contributed by atoms with Gasteiger partial charge < -0.3 is 15.0 Å². The topological polar surface area (TPSA) is 57.7 Å². The third-order valence-corrected chi connectivity index (χ3v) is 5.26. The molecule has 3 rings (SSSR count). The van der Waals surface area contributed by atoms with Gasteiger partial charge in [-0.25, -0.2) is 4.98 Å². The fourth-order valence-corrected chi connectivity index (χ4v) is 3.81. The van der Waals surface area contributed by atoms with E-state index in [0.717, 1.165) is 36.4 Å². The van der Waals surface area contributed by atoms with Gasteiger partial charge in [0.15, 0.2) is 0 Å². The number of anilines is 1. The second-order valence-corrected chi connectivity index (χ2v) is 7.83. The normalized spacial score (nSPS) is 15.0. The molecule has 0 spiro atoms. The minimum Gasteiger partial charge on any atom is -0.378 e. The van der Waals surface area contributed by atoms with Crippen molar-refractivity contribution in [2.75, 3.05) is 44.3 Å². The Morgan fingerprint density at radius 3 is 2.54 bits per heavy atom. The van der Waals surface area contributed by atoms with Gasteiger partial charge in [0.25, 0.3) is 5.91 Å². The van der Waals surface area contributed by atoms with Crippen LogP contribution in [0.25, 0.3) is 10.9 Å². The van der Waals surface area contributed by atoms with Gasteiger partial charge in [-0.05, 0) is 39.8 Å². The number of nitrogens with one attached hydrogen (secondary N) is 1. The highest BCUT2D eigenvalue weighted by Gasteiger charge is 2.19. The molecule has 1 amide bonds. The van der Waals surface area contributed by atoms with Crippen molar-refractivity contribution < 1.29 is 9.53 Å². The number of hydrogen-bond donors (Lipinski definition) is 1. The zero-order valence-corrected chi connectivity index (χ0v) is 17.4. The molecular formula is C22H32N4O2. The SMILES string of the molecule is CC(C)N(CCNC(=O)c1cc(N2CCOCC2)nc2ccccc12)C(C)C. The van der Waals surface area contributed by atoms with Crippen LogP contribution in [0.3, 0.4) is 0 Å². The van der Waals surface area contributed by atoms with E-state index in [0.29, 0.717) is 37.4 Å². The van der Waals surface area contributed by atoms with E-state index < -0.39 is 0 Å². The Bertz CT molecular complexity index is 792. The van der Waals surface area contributed by atoms with E-state index in [1.54, 1.807) is 0 Å². The van der Waals surface area contributed by atoms with Crippen LogP contribution >= 0.6 is 0 Å². The Labute approximate surface area is 167 Å². The number of carbonyl (C=O) groups excluding carboxylic acids is 1. The van der Waals surface area contributed by atoms with Crippen molar-refractivity contribution >= 4 is 22.6 Å². The first kappa shape index (κ1) is 20.6. The van der Waals surface area contributed by atoms with Gasteiger partial charge in [-0.3, -0.25) is 9.69 Å². The number of benzene rings is 1. The Balaban J connectivity index is 1.79. The van der Waals surface area contributed by atoms with Crippen LogP contribution in [0.2, 0.25) is 0 Å². The molecule has 1 fully saturated rings. The Morgan fingerprint density at radius 2 is 1.86 bits per heavy atom. The summed E-state index contributed by atoms with van der Waals surface area (Å²) in [6.07, 6.45) is 0. The number of nitrogens with zero attached hydrogens (tertiary/aromatic N) is 3. The van der Waals surface area contributed by atoms with Crippen LogP contribution in [0.15, 0.2) is 30.3 Å². The fraction of sp³-hybridized carbons (Fsp3) is 0.545. The van der Waals surface area contributed by atoms with Gasteiger partial charge in [-0.1, -0.05) is 18.2 Å². The van der Waals surface area contributed by atoms with Gasteiger partial charge in [0.2, 0.25) is 0 Å².